The quantitative estimate of drug-likeness (QED) is 0.334. The van der Waals surface area contributed by atoms with Gasteiger partial charge in [0, 0.05) is 13.6 Å². The lowest BCUT2D eigenvalue weighted by Gasteiger charge is -2.13. The number of rotatable bonds is 14. The molecule has 23 heavy (non-hydrogen) atoms. The van der Waals surface area contributed by atoms with Gasteiger partial charge in [-0.1, -0.05) is 84.0 Å². The number of likely N-dealkylation sites (N-methyl/N-ethyl adjacent to an activating group) is 1. The Hall–Kier alpha value is -1.06. The average molecular weight is 325 g/mol. The highest BCUT2D eigenvalue weighted by Gasteiger charge is 2.32. The highest BCUT2D eigenvalue weighted by molar-refractivity contribution is 6.01. The van der Waals surface area contributed by atoms with Crippen LogP contribution in [0.4, 0.5) is 4.79 Å². The van der Waals surface area contributed by atoms with Gasteiger partial charge in [0.2, 0.25) is 5.91 Å². The zero-order valence-electron chi connectivity index (χ0n) is 15.3. The third kappa shape index (κ3) is 8.38. The molecule has 0 N–H and O–H groups in total. The van der Waals surface area contributed by atoms with Gasteiger partial charge in [-0.05, 0) is 6.42 Å². The molecule has 1 heterocycles. The molecule has 0 spiro atoms. The zero-order chi connectivity index (χ0) is 16.9. The normalized spacial score (nSPS) is 15.0. The Balaban J connectivity index is 1.83. The summed E-state index contributed by atoms with van der Waals surface area (Å²) in [7, 11) is 1.68. The fourth-order valence-electron chi connectivity index (χ4n) is 3.18. The minimum absolute atomic E-state index is 0.0450. The molecule has 1 aliphatic rings. The van der Waals surface area contributed by atoms with Gasteiger partial charge in [-0.3, -0.25) is 9.69 Å². The second-order valence-corrected chi connectivity index (χ2v) is 6.93. The van der Waals surface area contributed by atoms with E-state index < -0.39 is 0 Å². The van der Waals surface area contributed by atoms with Gasteiger partial charge in [-0.15, -0.1) is 0 Å². The fraction of sp³-hybridized carbons (Fsp3) is 0.895. The number of hydrogen-bond donors (Lipinski definition) is 0. The fourth-order valence-corrected chi connectivity index (χ4v) is 3.18. The molecule has 134 valence electrons. The Morgan fingerprint density at radius 3 is 1.57 bits per heavy atom. The number of nitrogens with zero attached hydrogens (tertiary/aromatic N) is 2. The molecule has 4 nitrogen and oxygen atoms in total. The summed E-state index contributed by atoms with van der Waals surface area (Å²) in [4.78, 5) is 26.2. The molecule has 1 aliphatic heterocycles. The summed E-state index contributed by atoms with van der Waals surface area (Å²) < 4.78 is 0. The molecule has 0 unspecified atom stereocenters. The van der Waals surface area contributed by atoms with Crippen molar-refractivity contribution in [2.24, 2.45) is 0 Å². The molecular weight excluding hydrogens is 288 g/mol. The van der Waals surface area contributed by atoms with Gasteiger partial charge in [-0.2, -0.15) is 0 Å². The minimum atomic E-state index is -0.131. The first-order valence-electron chi connectivity index (χ1n) is 9.72. The highest BCUT2D eigenvalue weighted by atomic mass is 16.2. The van der Waals surface area contributed by atoms with E-state index in [1.165, 1.54) is 80.4 Å². The monoisotopic (exact) mass is 324 g/mol. The van der Waals surface area contributed by atoms with Crippen LogP contribution in [-0.4, -0.2) is 41.9 Å². The predicted molar refractivity (Wildman–Crippen MR) is 95.4 cm³/mol. The molecule has 0 aliphatic carbocycles. The van der Waals surface area contributed by atoms with Crippen molar-refractivity contribution in [3.05, 3.63) is 0 Å². The van der Waals surface area contributed by atoms with Gasteiger partial charge in [0.25, 0.3) is 0 Å². The number of carbonyl (C=O) groups excluding carboxylic acids is 2. The molecule has 0 saturated carbocycles. The molecule has 0 atom stereocenters. The second kappa shape index (κ2) is 12.4. The standard InChI is InChI=1S/C19H36N2O2/c1-3-4-5-6-7-8-9-10-11-12-13-14-15-16-21-18(22)17-20(2)19(21)23/h3-17H2,1-2H3. The van der Waals surface area contributed by atoms with Crippen LogP contribution in [-0.2, 0) is 4.79 Å². The van der Waals surface area contributed by atoms with E-state index in [9.17, 15) is 9.59 Å². The van der Waals surface area contributed by atoms with Crippen molar-refractivity contribution in [1.82, 2.24) is 9.80 Å². The van der Waals surface area contributed by atoms with Crippen molar-refractivity contribution in [2.75, 3.05) is 20.1 Å². The van der Waals surface area contributed by atoms with Crippen LogP contribution in [0.1, 0.15) is 90.4 Å². The summed E-state index contributed by atoms with van der Waals surface area (Å²) in [5, 5.41) is 0. The van der Waals surface area contributed by atoms with Gasteiger partial charge >= 0.3 is 6.03 Å². The van der Waals surface area contributed by atoms with E-state index in [0.29, 0.717) is 6.54 Å². The summed E-state index contributed by atoms with van der Waals surface area (Å²) in [5.74, 6) is -0.0450. The summed E-state index contributed by atoms with van der Waals surface area (Å²) in [5.41, 5.74) is 0. The Bertz CT molecular complexity index is 344. The maximum absolute atomic E-state index is 11.7. The number of hydrogen-bond acceptors (Lipinski definition) is 2. The van der Waals surface area contributed by atoms with E-state index in [1.54, 1.807) is 7.05 Å². The first-order valence-corrected chi connectivity index (χ1v) is 9.72. The van der Waals surface area contributed by atoms with Gasteiger partial charge in [0.15, 0.2) is 0 Å². The molecule has 0 aromatic carbocycles. The molecule has 0 bridgehead atoms. The van der Waals surface area contributed by atoms with Crippen LogP contribution in [0.5, 0.6) is 0 Å². The van der Waals surface area contributed by atoms with E-state index in [4.69, 9.17) is 0 Å². The summed E-state index contributed by atoms with van der Waals surface area (Å²) in [6.07, 6.45) is 17.0. The number of carbonyl (C=O) groups is 2. The minimum Gasteiger partial charge on any atom is -0.318 e. The summed E-state index contributed by atoms with van der Waals surface area (Å²) in [6, 6.07) is -0.131. The lowest BCUT2D eigenvalue weighted by molar-refractivity contribution is -0.125. The molecule has 4 heteroatoms. The van der Waals surface area contributed by atoms with E-state index in [0.717, 1.165) is 12.8 Å². The third-order valence-corrected chi connectivity index (χ3v) is 4.72. The van der Waals surface area contributed by atoms with Crippen LogP contribution in [0.2, 0.25) is 0 Å². The third-order valence-electron chi connectivity index (χ3n) is 4.72. The lowest BCUT2D eigenvalue weighted by Crippen LogP contribution is -2.32. The molecule has 0 aromatic heterocycles. The van der Waals surface area contributed by atoms with Crippen molar-refractivity contribution in [2.45, 2.75) is 90.4 Å². The molecule has 0 aromatic rings. The number of unbranched alkanes of at least 4 members (excludes halogenated alkanes) is 12. The van der Waals surface area contributed by atoms with Crippen LogP contribution in [0, 0.1) is 0 Å². The maximum Gasteiger partial charge on any atom is 0.326 e. The smallest absolute Gasteiger partial charge is 0.318 e. The number of imide groups is 1. The molecule has 1 saturated heterocycles. The number of amides is 3. The first-order chi connectivity index (χ1) is 11.2. The predicted octanol–water partition coefficient (Wildman–Crippen LogP) is 4.97. The van der Waals surface area contributed by atoms with E-state index >= 15 is 0 Å². The van der Waals surface area contributed by atoms with Crippen LogP contribution >= 0.6 is 0 Å². The van der Waals surface area contributed by atoms with Crippen LogP contribution in [0.25, 0.3) is 0 Å². The average Bonchev–Trinajstić information content (AvgIpc) is 2.77. The topological polar surface area (TPSA) is 40.6 Å². The van der Waals surface area contributed by atoms with Gasteiger partial charge in [0.05, 0.1) is 0 Å². The summed E-state index contributed by atoms with van der Waals surface area (Å²) in [6.45, 7) is 3.11. The van der Waals surface area contributed by atoms with Crippen molar-refractivity contribution < 1.29 is 9.59 Å². The van der Waals surface area contributed by atoms with Crippen molar-refractivity contribution in [1.29, 1.82) is 0 Å². The largest absolute Gasteiger partial charge is 0.326 e. The van der Waals surface area contributed by atoms with Crippen molar-refractivity contribution in [3.63, 3.8) is 0 Å². The van der Waals surface area contributed by atoms with Gasteiger partial charge in [-0.25, -0.2) is 4.79 Å². The lowest BCUT2D eigenvalue weighted by atomic mass is 10.0. The van der Waals surface area contributed by atoms with E-state index in [1.807, 2.05) is 0 Å². The molecule has 1 fully saturated rings. The molecule has 1 rings (SSSR count). The van der Waals surface area contributed by atoms with Crippen LogP contribution in [0.3, 0.4) is 0 Å². The first kappa shape index (κ1) is 20.0. The van der Waals surface area contributed by atoms with Crippen LogP contribution < -0.4 is 0 Å². The highest BCUT2D eigenvalue weighted by Crippen LogP contribution is 2.14. The zero-order valence-corrected chi connectivity index (χ0v) is 15.3. The Morgan fingerprint density at radius 2 is 1.17 bits per heavy atom. The Kier molecular flexibility index (Phi) is 10.8. The van der Waals surface area contributed by atoms with Crippen LogP contribution in [0.15, 0.2) is 0 Å². The Morgan fingerprint density at radius 1 is 0.739 bits per heavy atom. The summed E-state index contributed by atoms with van der Waals surface area (Å²) >= 11 is 0. The maximum atomic E-state index is 11.7. The SMILES string of the molecule is CCCCCCCCCCCCCCCN1C(=O)CN(C)C1=O. The molecular formula is C19H36N2O2. The van der Waals surface area contributed by atoms with E-state index in [2.05, 4.69) is 6.92 Å². The van der Waals surface area contributed by atoms with Crippen molar-refractivity contribution in [3.8, 4) is 0 Å². The number of urea groups is 1. The molecule has 3 amide bonds. The second-order valence-electron chi connectivity index (χ2n) is 6.93. The van der Waals surface area contributed by atoms with E-state index in [-0.39, 0.29) is 18.5 Å². The van der Waals surface area contributed by atoms with Gasteiger partial charge in [0.1, 0.15) is 6.54 Å². The molecule has 0 radical (unpaired) electrons. The van der Waals surface area contributed by atoms with Crippen molar-refractivity contribution >= 4 is 11.9 Å². The van der Waals surface area contributed by atoms with Gasteiger partial charge < -0.3 is 4.90 Å². The Labute approximate surface area is 142 Å².